The Morgan fingerprint density at radius 1 is 1.22 bits per heavy atom. The Balaban J connectivity index is 1.59. The number of fused-ring (bicyclic) bond motifs is 2. The van der Waals surface area contributed by atoms with Gasteiger partial charge in [-0.1, -0.05) is 19.9 Å². The Morgan fingerprint density at radius 3 is 2.81 bits per heavy atom. The minimum absolute atomic E-state index is 0.148. The maximum atomic E-state index is 14.7. The highest BCUT2D eigenvalue weighted by atomic mass is 19.1. The fourth-order valence-electron chi connectivity index (χ4n) is 4.38. The molecule has 0 spiro atoms. The third-order valence-electron chi connectivity index (χ3n) is 5.80. The average molecular weight is 368 g/mol. The lowest BCUT2D eigenvalue weighted by atomic mass is 9.86. The smallest absolute Gasteiger partial charge is 0.246 e. The first-order valence-electron chi connectivity index (χ1n) is 9.43. The van der Waals surface area contributed by atoms with Crippen molar-refractivity contribution < 1.29 is 13.9 Å². The SMILES string of the molecule is COc1ccc2c(c1)CCNC2C(=O)Nc1cc(F)c2c(c1)CCC2(C)C. The normalized spacial score (nSPS) is 19.9. The first kappa shape index (κ1) is 18.0. The highest BCUT2D eigenvalue weighted by Crippen LogP contribution is 2.41. The first-order chi connectivity index (χ1) is 12.9. The molecule has 0 bridgehead atoms. The quantitative estimate of drug-likeness (QED) is 0.864. The minimum atomic E-state index is -0.451. The average Bonchev–Trinajstić information content (AvgIpc) is 2.95. The molecule has 142 valence electrons. The van der Waals surface area contributed by atoms with Gasteiger partial charge in [-0.05, 0) is 71.2 Å². The Bertz CT molecular complexity index is 907. The molecule has 1 aliphatic carbocycles. The number of rotatable bonds is 3. The van der Waals surface area contributed by atoms with Crippen molar-refractivity contribution in [3.63, 3.8) is 0 Å². The van der Waals surface area contributed by atoms with Crippen LogP contribution in [0.15, 0.2) is 30.3 Å². The van der Waals surface area contributed by atoms with E-state index in [-0.39, 0.29) is 17.1 Å². The molecule has 2 aromatic carbocycles. The zero-order chi connectivity index (χ0) is 19.2. The van der Waals surface area contributed by atoms with Gasteiger partial charge in [0.2, 0.25) is 5.91 Å². The van der Waals surface area contributed by atoms with E-state index >= 15 is 0 Å². The Labute approximate surface area is 159 Å². The number of hydrogen-bond acceptors (Lipinski definition) is 3. The summed E-state index contributed by atoms with van der Waals surface area (Å²) in [7, 11) is 1.64. The van der Waals surface area contributed by atoms with Gasteiger partial charge >= 0.3 is 0 Å². The molecule has 1 heterocycles. The van der Waals surface area contributed by atoms with E-state index in [1.165, 1.54) is 6.07 Å². The van der Waals surface area contributed by atoms with Crippen LogP contribution in [-0.4, -0.2) is 19.6 Å². The minimum Gasteiger partial charge on any atom is -0.497 e. The zero-order valence-electron chi connectivity index (χ0n) is 16.0. The number of ether oxygens (including phenoxy) is 1. The van der Waals surface area contributed by atoms with Crippen LogP contribution in [0, 0.1) is 5.82 Å². The van der Waals surface area contributed by atoms with Crippen molar-refractivity contribution >= 4 is 11.6 Å². The van der Waals surface area contributed by atoms with Crippen molar-refractivity contribution in [2.75, 3.05) is 19.0 Å². The van der Waals surface area contributed by atoms with E-state index in [1.807, 2.05) is 24.3 Å². The van der Waals surface area contributed by atoms with Crippen LogP contribution >= 0.6 is 0 Å². The van der Waals surface area contributed by atoms with Gasteiger partial charge in [-0.2, -0.15) is 0 Å². The van der Waals surface area contributed by atoms with Gasteiger partial charge in [0.05, 0.1) is 7.11 Å². The van der Waals surface area contributed by atoms with E-state index in [9.17, 15) is 9.18 Å². The molecule has 0 fully saturated rings. The summed E-state index contributed by atoms with van der Waals surface area (Å²) in [6, 6.07) is 8.69. The lowest BCUT2D eigenvalue weighted by Gasteiger charge is -2.26. The topological polar surface area (TPSA) is 50.4 Å². The number of hydrogen-bond donors (Lipinski definition) is 2. The number of nitrogens with one attached hydrogen (secondary N) is 2. The van der Waals surface area contributed by atoms with Crippen LogP contribution in [0.3, 0.4) is 0 Å². The van der Waals surface area contributed by atoms with E-state index in [1.54, 1.807) is 7.11 Å². The number of methoxy groups -OCH3 is 1. The Morgan fingerprint density at radius 2 is 2.04 bits per heavy atom. The first-order valence-corrected chi connectivity index (χ1v) is 9.43. The van der Waals surface area contributed by atoms with Crippen molar-refractivity contribution in [3.8, 4) is 5.75 Å². The standard InChI is InChI=1S/C22H25FN2O2/c1-22(2)8-6-14-10-15(12-18(23)19(14)22)25-21(26)20-17-5-4-16(27-3)11-13(17)7-9-24-20/h4-5,10-12,20,24H,6-9H2,1-3H3,(H,25,26). The molecule has 4 nitrogen and oxygen atoms in total. The van der Waals surface area contributed by atoms with Crippen molar-refractivity contribution in [2.45, 2.75) is 44.6 Å². The fraction of sp³-hybridized carbons (Fsp3) is 0.409. The van der Waals surface area contributed by atoms with Gasteiger partial charge in [0.15, 0.2) is 0 Å². The third-order valence-corrected chi connectivity index (χ3v) is 5.80. The van der Waals surface area contributed by atoms with Crippen LogP contribution in [0.5, 0.6) is 5.75 Å². The van der Waals surface area contributed by atoms with E-state index in [2.05, 4.69) is 24.5 Å². The molecular formula is C22H25FN2O2. The van der Waals surface area contributed by atoms with Crippen molar-refractivity contribution in [1.82, 2.24) is 5.32 Å². The summed E-state index contributed by atoms with van der Waals surface area (Å²) in [5, 5.41) is 6.17. The molecule has 27 heavy (non-hydrogen) atoms. The molecule has 0 aromatic heterocycles. The molecule has 0 radical (unpaired) electrons. The molecule has 1 atom stereocenters. The molecule has 5 heteroatoms. The summed E-state index contributed by atoms with van der Waals surface area (Å²) < 4.78 is 20.0. The summed E-state index contributed by atoms with van der Waals surface area (Å²) in [5.74, 6) is 0.392. The number of aryl methyl sites for hydroxylation is 1. The monoisotopic (exact) mass is 368 g/mol. The van der Waals surface area contributed by atoms with Gasteiger partial charge in [-0.3, -0.25) is 4.79 Å². The van der Waals surface area contributed by atoms with Crippen LogP contribution in [0.2, 0.25) is 0 Å². The van der Waals surface area contributed by atoms with Crippen LogP contribution in [-0.2, 0) is 23.1 Å². The van der Waals surface area contributed by atoms with Crippen LogP contribution in [0.25, 0.3) is 0 Å². The number of halogens is 1. The number of amides is 1. The van der Waals surface area contributed by atoms with Gasteiger partial charge in [-0.15, -0.1) is 0 Å². The van der Waals surface area contributed by atoms with Crippen molar-refractivity contribution in [1.29, 1.82) is 0 Å². The molecule has 1 unspecified atom stereocenters. The third kappa shape index (κ3) is 3.21. The fourth-order valence-corrected chi connectivity index (χ4v) is 4.38. The van der Waals surface area contributed by atoms with Crippen LogP contribution in [0.1, 0.15) is 48.6 Å². The maximum absolute atomic E-state index is 14.7. The number of carbonyl (C=O) groups is 1. The largest absolute Gasteiger partial charge is 0.497 e. The van der Waals surface area contributed by atoms with Crippen LogP contribution < -0.4 is 15.4 Å². The molecule has 2 aliphatic rings. The van der Waals surface area contributed by atoms with E-state index in [0.717, 1.165) is 47.3 Å². The summed E-state index contributed by atoms with van der Waals surface area (Å²) in [4.78, 5) is 12.9. The summed E-state index contributed by atoms with van der Waals surface area (Å²) >= 11 is 0. The zero-order valence-corrected chi connectivity index (χ0v) is 16.0. The highest BCUT2D eigenvalue weighted by Gasteiger charge is 2.33. The van der Waals surface area contributed by atoms with Crippen molar-refractivity contribution in [2.24, 2.45) is 0 Å². The van der Waals surface area contributed by atoms with E-state index in [4.69, 9.17) is 4.74 Å². The van der Waals surface area contributed by atoms with Gasteiger partial charge in [0.25, 0.3) is 0 Å². The molecule has 2 aromatic rings. The van der Waals surface area contributed by atoms with Gasteiger partial charge < -0.3 is 15.4 Å². The lowest BCUT2D eigenvalue weighted by molar-refractivity contribution is -0.118. The predicted octanol–water partition coefficient (Wildman–Crippen LogP) is 3.88. The van der Waals surface area contributed by atoms with E-state index < -0.39 is 6.04 Å². The van der Waals surface area contributed by atoms with Crippen molar-refractivity contribution in [3.05, 3.63) is 58.4 Å². The second-order valence-corrected chi connectivity index (χ2v) is 8.07. The number of carbonyl (C=O) groups excluding carboxylic acids is 1. The molecular weight excluding hydrogens is 343 g/mol. The second-order valence-electron chi connectivity index (χ2n) is 8.07. The Kier molecular flexibility index (Phi) is 4.42. The lowest BCUT2D eigenvalue weighted by Crippen LogP contribution is -2.38. The number of benzene rings is 2. The molecule has 0 saturated heterocycles. The number of anilines is 1. The predicted molar refractivity (Wildman–Crippen MR) is 104 cm³/mol. The summed E-state index contributed by atoms with van der Waals surface area (Å²) in [5.41, 5.74) is 4.21. The summed E-state index contributed by atoms with van der Waals surface area (Å²) in [6.45, 7) is 4.85. The second kappa shape index (κ2) is 6.64. The van der Waals surface area contributed by atoms with E-state index in [0.29, 0.717) is 12.2 Å². The molecule has 0 saturated carbocycles. The molecule has 1 amide bonds. The Hall–Kier alpha value is -2.40. The molecule has 4 rings (SSSR count). The van der Waals surface area contributed by atoms with Crippen LogP contribution in [0.4, 0.5) is 10.1 Å². The summed E-state index contributed by atoms with van der Waals surface area (Å²) in [6.07, 6.45) is 2.61. The highest BCUT2D eigenvalue weighted by molar-refractivity contribution is 5.96. The molecule has 1 aliphatic heterocycles. The van der Waals surface area contributed by atoms with Gasteiger partial charge in [0, 0.05) is 12.2 Å². The van der Waals surface area contributed by atoms with Gasteiger partial charge in [-0.25, -0.2) is 4.39 Å². The molecule has 2 N–H and O–H groups in total. The maximum Gasteiger partial charge on any atom is 0.246 e. The van der Waals surface area contributed by atoms with Gasteiger partial charge in [0.1, 0.15) is 17.6 Å².